The Bertz CT molecular complexity index is 366. The summed E-state index contributed by atoms with van der Waals surface area (Å²) in [6.45, 7) is 2.62. The minimum absolute atomic E-state index is 0.0211. The summed E-state index contributed by atoms with van der Waals surface area (Å²) in [6, 6.07) is 5.77. The average Bonchev–Trinajstić information content (AvgIpc) is 2.24. The molecular weight excluding hydrogens is 270 g/mol. The van der Waals surface area contributed by atoms with Gasteiger partial charge in [-0.2, -0.15) is 0 Å². The van der Waals surface area contributed by atoms with Gasteiger partial charge in [-0.1, -0.05) is 22.0 Å². The molecule has 1 rings (SSSR count). The first-order valence-corrected chi connectivity index (χ1v) is 5.97. The molecular formula is C12H16BrNO2. The number of aryl methyl sites for hydroxylation is 1. The van der Waals surface area contributed by atoms with Gasteiger partial charge in [-0.25, -0.2) is 0 Å². The van der Waals surface area contributed by atoms with Gasteiger partial charge >= 0.3 is 0 Å². The molecule has 0 aromatic heterocycles. The summed E-state index contributed by atoms with van der Waals surface area (Å²) >= 11 is 3.43. The predicted octanol–water partition coefficient (Wildman–Crippen LogP) is 3.12. The van der Waals surface area contributed by atoms with Crippen LogP contribution in [0.4, 0.5) is 5.69 Å². The quantitative estimate of drug-likeness (QED) is 0.844. The van der Waals surface area contributed by atoms with Crippen LogP contribution >= 0.6 is 15.9 Å². The number of carbonyl (C=O) groups is 1. The zero-order chi connectivity index (χ0) is 12.0. The lowest BCUT2D eigenvalue weighted by Crippen LogP contribution is -2.12. The zero-order valence-electron chi connectivity index (χ0n) is 9.55. The summed E-state index contributed by atoms with van der Waals surface area (Å²) in [6.07, 6.45) is 1.23. The van der Waals surface area contributed by atoms with Gasteiger partial charge in [0.2, 0.25) is 5.91 Å². The van der Waals surface area contributed by atoms with E-state index in [-0.39, 0.29) is 5.91 Å². The Kier molecular flexibility index (Phi) is 5.49. The summed E-state index contributed by atoms with van der Waals surface area (Å²) in [5.74, 6) is 0.0211. The van der Waals surface area contributed by atoms with Crippen molar-refractivity contribution in [3.63, 3.8) is 0 Å². The van der Waals surface area contributed by atoms with Gasteiger partial charge in [-0.15, -0.1) is 0 Å². The minimum atomic E-state index is 0.0211. The number of hydrogen-bond donors (Lipinski definition) is 1. The van der Waals surface area contributed by atoms with Crippen LogP contribution in [0.25, 0.3) is 0 Å². The SMILES string of the molecule is COCCCC(=O)Nc1ccc(C)c(Br)c1. The number of ether oxygens (including phenoxy) is 1. The van der Waals surface area contributed by atoms with Crippen LogP contribution in [0.15, 0.2) is 22.7 Å². The van der Waals surface area contributed by atoms with Gasteiger partial charge in [0.15, 0.2) is 0 Å². The maximum Gasteiger partial charge on any atom is 0.224 e. The molecule has 4 heteroatoms. The first-order chi connectivity index (χ1) is 7.63. The lowest BCUT2D eigenvalue weighted by Gasteiger charge is -2.06. The van der Waals surface area contributed by atoms with E-state index < -0.39 is 0 Å². The summed E-state index contributed by atoms with van der Waals surface area (Å²) < 4.78 is 5.89. The van der Waals surface area contributed by atoms with Crippen molar-refractivity contribution in [3.05, 3.63) is 28.2 Å². The summed E-state index contributed by atoms with van der Waals surface area (Å²) in [7, 11) is 1.63. The van der Waals surface area contributed by atoms with Crippen molar-refractivity contribution in [3.8, 4) is 0 Å². The van der Waals surface area contributed by atoms with Crippen molar-refractivity contribution >= 4 is 27.5 Å². The first kappa shape index (κ1) is 13.2. The van der Waals surface area contributed by atoms with Crippen LogP contribution in [0.5, 0.6) is 0 Å². The number of rotatable bonds is 5. The molecule has 16 heavy (non-hydrogen) atoms. The van der Waals surface area contributed by atoms with E-state index in [1.165, 1.54) is 0 Å². The maximum atomic E-state index is 11.5. The van der Waals surface area contributed by atoms with Crippen molar-refractivity contribution in [2.75, 3.05) is 19.0 Å². The Labute approximate surface area is 104 Å². The molecule has 0 unspecified atom stereocenters. The third-order valence-corrected chi connectivity index (χ3v) is 3.06. The fourth-order valence-electron chi connectivity index (χ4n) is 1.27. The largest absolute Gasteiger partial charge is 0.385 e. The highest BCUT2D eigenvalue weighted by Gasteiger charge is 2.03. The van der Waals surface area contributed by atoms with Crippen LogP contribution in [0, 0.1) is 6.92 Å². The highest BCUT2D eigenvalue weighted by atomic mass is 79.9. The summed E-state index contributed by atoms with van der Waals surface area (Å²) in [5, 5.41) is 2.84. The number of benzene rings is 1. The normalized spacial score (nSPS) is 10.2. The molecule has 0 aliphatic heterocycles. The third-order valence-electron chi connectivity index (χ3n) is 2.21. The number of hydrogen-bond acceptors (Lipinski definition) is 2. The second kappa shape index (κ2) is 6.66. The van der Waals surface area contributed by atoms with Crippen LogP contribution in [-0.2, 0) is 9.53 Å². The molecule has 1 aromatic rings. The van der Waals surface area contributed by atoms with Crippen LogP contribution < -0.4 is 5.32 Å². The Morgan fingerprint density at radius 3 is 2.88 bits per heavy atom. The molecule has 1 N–H and O–H groups in total. The van der Waals surface area contributed by atoms with Crippen molar-refractivity contribution in [2.24, 2.45) is 0 Å². The second-order valence-electron chi connectivity index (χ2n) is 3.61. The van der Waals surface area contributed by atoms with Crippen molar-refractivity contribution in [2.45, 2.75) is 19.8 Å². The van der Waals surface area contributed by atoms with Crippen LogP contribution in [-0.4, -0.2) is 19.6 Å². The molecule has 1 amide bonds. The summed E-state index contributed by atoms with van der Waals surface area (Å²) in [4.78, 5) is 11.5. The molecule has 0 bridgehead atoms. The van der Waals surface area contributed by atoms with E-state index >= 15 is 0 Å². The number of nitrogens with one attached hydrogen (secondary N) is 1. The van der Waals surface area contributed by atoms with Gasteiger partial charge in [0.25, 0.3) is 0 Å². The number of methoxy groups -OCH3 is 1. The molecule has 0 atom stereocenters. The minimum Gasteiger partial charge on any atom is -0.385 e. The molecule has 3 nitrogen and oxygen atoms in total. The van der Waals surface area contributed by atoms with E-state index in [0.717, 1.165) is 22.1 Å². The Hall–Kier alpha value is -0.870. The number of carbonyl (C=O) groups excluding carboxylic acids is 1. The van der Waals surface area contributed by atoms with Crippen molar-refractivity contribution in [1.29, 1.82) is 0 Å². The zero-order valence-corrected chi connectivity index (χ0v) is 11.1. The highest BCUT2D eigenvalue weighted by Crippen LogP contribution is 2.20. The topological polar surface area (TPSA) is 38.3 Å². The van der Waals surface area contributed by atoms with Crippen molar-refractivity contribution < 1.29 is 9.53 Å². The fraction of sp³-hybridized carbons (Fsp3) is 0.417. The van der Waals surface area contributed by atoms with E-state index in [9.17, 15) is 4.79 Å². The molecule has 0 saturated heterocycles. The molecule has 1 aromatic carbocycles. The van der Waals surface area contributed by atoms with E-state index in [1.54, 1.807) is 7.11 Å². The highest BCUT2D eigenvalue weighted by molar-refractivity contribution is 9.10. The van der Waals surface area contributed by atoms with Crippen LogP contribution in [0.3, 0.4) is 0 Å². The maximum absolute atomic E-state index is 11.5. The van der Waals surface area contributed by atoms with E-state index in [0.29, 0.717) is 13.0 Å². The Morgan fingerprint density at radius 2 is 2.25 bits per heavy atom. The number of anilines is 1. The molecule has 0 fully saturated rings. The van der Waals surface area contributed by atoms with Gasteiger partial charge in [0.1, 0.15) is 0 Å². The summed E-state index contributed by atoms with van der Waals surface area (Å²) in [5.41, 5.74) is 1.97. The average molecular weight is 286 g/mol. The third kappa shape index (κ3) is 4.33. The molecule has 0 heterocycles. The van der Waals surface area contributed by atoms with Gasteiger partial charge in [-0.05, 0) is 31.0 Å². The predicted molar refractivity (Wildman–Crippen MR) is 68.6 cm³/mol. The lowest BCUT2D eigenvalue weighted by atomic mass is 10.2. The Morgan fingerprint density at radius 1 is 1.50 bits per heavy atom. The standard InChI is InChI=1S/C12H16BrNO2/c1-9-5-6-10(8-11(9)13)14-12(15)4-3-7-16-2/h5-6,8H,3-4,7H2,1-2H3,(H,14,15). The van der Waals surface area contributed by atoms with E-state index in [2.05, 4.69) is 21.2 Å². The molecule has 0 aliphatic rings. The van der Waals surface area contributed by atoms with Gasteiger partial charge in [0.05, 0.1) is 0 Å². The van der Waals surface area contributed by atoms with E-state index in [4.69, 9.17) is 4.74 Å². The molecule has 0 aliphatic carbocycles. The van der Waals surface area contributed by atoms with Crippen molar-refractivity contribution in [1.82, 2.24) is 0 Å². The van der Waals surface area contributed by atoms with Gasteiger partial charge < -0.3 is 10.1 Å². The number of halogens is 1. The molecule has 88 valence electrons. The smallest absolute Gasteiger partial charge is 0.224 e. The number of amides is 1. The van der Waals surface area contributed by atoms with Crippen LogP contribution in [0.2, 0.25) is 0 Å². The fourth-order valence-corrected chi connectivity index (χ4v) is 1.65. The Balaban J connectivity index is 2.46. The second-order valence-corrected chi connectivity index (χ2v) is 4.46. The molecule has 0 spiro atoms. The van der Waals surface area contributed by atoms with Gasteiger partial charge in [0, 0.05) is 30.3 Å². The molecule has 0 saturated carbocycles. The first-order valence-electron chi connectivity index (χ1n) is 5.18. The monoisotopic (exact) mass is 285 g/mol. The van der Waals surface area contributed by atoms with Crippen LogP contribution in [0.1, 0.15) is 18.4 Å². The van der Waals surface area contributed by atoms with E-state index in [1.807, 2.05) is 25.1 Å². The molecule has 0 radical (unpaired) electrons. The van der Waals surface area contributed by atoms with Gasteiger partial charge in [-0.3, -0.25) is 4.79 Å². The lowest BCUT2D eigenvalue weighted by molar-refractivity contribution is -0.116.